The number of likely N-dealkylation sites (tertiary alicyclic amines) is 1. The third-order valence-corrected chi connectivity index (χ3v) is 4.93. The Kier molecular flexibility index (Phi) is 5.38. The Bertz CT molecular complexity index is 713. The number of benzene rings is 1. The maximum absolute atomic E-state index is 12.5. The molecule has 1 aromatic carbocycles. The van der Waals surface area contributed by atoms with Crippen LogP contribution in [0.2, 0.25) is 0 Å². The molecule has 1 aliphatic rings. The smallest absolute Gasteiger partial charge is 0.317 e. The standard InChI is InChI=1S/C19H26N4O2/c1-14-9-10-22(13-18(14)25-3)19(24)20-11-16-12-23(21-15(16)2)17-7-5-4-6-8-17/h4-8,12,14,18H,9-11,13H2,1-3H3,(H,20,24)/t14-,18-/m0/s1. The molecule has 1 aromatic heterocycles. The normalized spacial score (nSPS) is 20.5. The van der Waals surface area contributed by atoms with Gasteiger partial charge in [0, 0.05) is 38.5 Å². The van der Waals surface area contributed by atoms with Crippen molar-refractivity contribution in [2.24, 2.45) is 5.92 Å². The molecule has 2 heterocycles. The molecule has 6 heteroatoms. The van der Waals surface area contributed by atoms with Gasteiger partial charge in [0.2, 0.25) is 0 Å². The lowest BCUT2D eigenvalue weighted by Crippen LogP contribution is -2.50. The number of aromatic nitrogens is 2. The van der Waals surface area contributed by atoms with Crippen molar-refractivity contribution in [2.45, 2.75) is 32.9 Å². The van der Waals surface area contributed by atoms with Gasteiger partial charge in [-0.15, -0.1) is 0 Å². The summed E-state index contributed by atoms with van der Waals surface area (Å²) in [4.78, 5) is 14.3. The van der Waals surface area contributed by atoms with Crippen LogP contribution in [0.4, 0.5) is 4.79 Å². The first-order chi connectivity index (χ1) is 12.1. The molecule has 3 rings (SSSR count). The number of piperidine rings is 1. The Labute approximate surface area is 148 Å². The molecule has 2 amide bonds. The molecule has 1 fully saturated rings. The van der Waals surface area contributed by atoms with Gasteiger partial charge < -0.3 is 15.0 Å². The highest BCUT2D eigenvalue weighted by Crippen LogP contribution is 2.19. The van der Waals surface area contributed by atoms with Crippen LogP contribution >= 0.6 is 0 Å². The summed E-state index contributed by atoms with van der Waals surface area (Å²) in [6, 6.07) is 9.92. The maximum Gasteiger partial charge on any atom is 0.317 e. The van der Waals surface area contributed by atoms with E-state index in [4.69, 9.17) is 4.74 Å². The Morgan fingerprint density at radius 2 is 2.12 bits per heavy atom. The second-order valence-electron chi connectivity index (χ2n) is 6.66. The summed E-state index contributed by atoms with van der Waals surface area (Å²) in [5.41, 5.74) is 2.95. The van der Waals surface area contributed by atoms with Gasteiger partial charge in [-0.2, -0.15) is 5.10 Å². The summed E-state index contributed by atoms with van der Waals surface area (Å²) in [7, 11) is 1.71. The molecule has 0 saturated carbocycles. The lowest BCUT2D eigenvalue weighted by molar-refractivity contribution is 0.00714. The van der Waals surface area contributed by atoms with Crippen LogP contribution in [0, 0.1) is 12.8 Å². The molecular formula is C19H26N4O2. The number of methoxy groups -OCH3 is 1. The van der Waals surface area contributed by atoms with Crippen molar-refractivity contribution in [3.8, 4) is 5.69 Å². The molecule has 2 atom stereocenters. The molecule has 0 radical (unpaired) electrons. The first-order valence-corrected chi connectivity index (χ1v) is 8.74. The van der Waals surface area contributed by atoms with E-state index in [2.05, 4.69) is 17.3 Å². The van der Waals surface area contributed by atoms with Crippen molar-refractivity contribution in [1.82, 2.24) is 20.0 Å². The third-order valence-electron chi connectivity index (χ3n) is 4.93. The second kappa shape index (κ2) is 7.70. The van der Waals surface area contributed by atoms with Gasteiger partial charge in [-0.25, -0.2) is 9.48 Å². The van der Waals surface area contributed by atoms with Crippen molar-refractivity contribution >= 4 is 6.03 Å². The Hall–Kier alpha value is -2.34. The number of rotatable bonds is 4. The Morgan fingerprint density at radius 1 is 1.36 bits per heavy atom. The van der Waals surface area contributed by atoms with E-state index in [9.17, 15) is 4.79 Å². The molecule has 2 aromatic rings. The number of hydrogen-bond donors (Lipinski definition) is 1. The van der Waals surface area contributed by atoms with E-state index in [1.807, 2.05) is 53.0 Å². The summed E-state index contributed by atoms with van der Waals surface area (Å²) in [5.74, 6) is 0.486. The van der Waals surface area contributed by atoms with Crippen LogP contribution in [0.5, 0.6) is 0 Å². The molecule has 0 bridgehead atoms. The highest BCUT2D eigenvalue weighted by atomic mass is 16.5. The molecule has 0 unspecified atom stereocenters. The lowest BCUT2D eigenvalue weighted by Gasteiger charge is -2.36. The zero-order valence-corrected chi connectivity index (χ0v) is 15.1. The van der Waals surface area contributed by atoms with Crippen LogP contribution in [0.25, 0.3) is 5.69 Å². The van der Waals surface area contributed by atoms with Gasteiger partial charge in [-0.3, -0.25) is 0 Å². The monoisotopic (exact) mass is 342 g/mol. The first-order valence-electron chi connectivity index (χ1n) is 8.74. The minimum Gasteiger partial charge on any atom is -0.379 e. The first kappa shape index (κ1) is 17.5. The van der Waals surface area contributed by atoms with Crippen LogP contribution in [0.1, 0.15) is 24.6 Å². The largest absolute Gasteiger partial charge is 0.379 e. The van der Waals surface area contributed by atoms with Crippen LogP contribution < -0.4 is 5.32 Å². The number of ether oxygens (including phenoxy) is 1. The number of aryl methyl sites for hydroxylation is 1. The van der Waals surface area contributed by atoms with E-state index in [1.54, 1.807) is 7.11 Å². The van der Waals surface area contributed by atoms with Gasteiger partial charge in [0.1, 0.15) is 0 Å². The number of amides is 2. The van der Waals surface area contributed by atoms with Crippen LogP contribution in [0.3, 0.4) is 0 Å². The number of para-hydroxylation sites is 1. The molecule has 25 heavy (non-hydrogen) atoms. The van der Waals surface area contributed by atoms with E-state index >= 15 is 0 Å². The fourth-order valence-electron chi connectivity index (χ4n) is 3.19. The summed E-state index contributed by atoms with van der Waals surface area (Å²) in [6.07, 6.45) is 3.06. The molecule has 6 nitrogen and oxygen atoms in total. The molecule has 1 saturated heterocycles. The second-order valence-corrected chi connectivity index (χ2v) is 6.66. The molecule has 134 valence electrons. The van der Waals surface area contributed by atoms with E-state index < -0.39 is 0 Å². The fourth-order valence-corrected chi connectivity index (χ4v) is 3.19. The van der Waals surface area contributed by atoms with E-state index in [-0.39, 0.29) is 12.1 Å². The van der Waals surface area contributed by atoms with E-state index in [0.29, 0.717) is 19.0 Å². The van der Waals surface area contributed by atoms with Gasteiger partial charge in [-0.05, 0) is 31.4 Å². The lowest BCUT2D eigenvalue weighted by atomic mass is 9.96. The zero-order chi connectivity index (χ0) is 17.8. The maximum atomic E-state index is 12.5. The average Bonchev–Trinajstić information content (AvgIpc) is 3.01. The predicted molar refractivity (Wildman–Crippen MR) is 96.7 cm³/mol. The topological polar surface area (TPSA) is 59.4 Å². The van der Waals surface area contributed by atoms with Crippen LogP contribution in [0.15, 0.2) is 36.5 Å². The van der Waals surface area contributed by atoms with Crippen LogP contribution in [-0.2, 0) is 11.3 Å². The highest BCUT2D eigenvalue weighted by molar-refractivity contribution is 5.74. The van der Waals surface area contributed by atoms with Crippen molar-refractivity contribution in [2.75, 3.05) is 20.2 Å². The van der Waals surface area contributed by atoms with E-state index in [1.165, 1.54) is 0 Å². The summed E-state index contributed by atoms with van der Waals surface area (Å²) >= 11 is 0. The summed E-state index contributed by atoms with van der Waals surface area (Å²) in [6.45, 7) is 6.03. The fraction of sp³-hybridized carbons (Fsp3) is 0.474. The van der Waals surface area contributed by atoms with Crippen molar-refractivity contribution in [3.63, 3.8) is 0 Å². The summed E-state index contributed by atoms with van der Waals surface area (Å²) < 4.78 is 7.33. The molecular weight excluding hydrogens is 316 g/mol. The summed E-state index contributed by atoms with van der Waals surface area (Å²) in [5, 5.41) is 7.55. The minimum atomic E-state index is -0.0409. The van der Waals surface area contributed by atoms with Crippen molar-refractivity contribution < 1.29 is 9.53 Å². The minimum absolute atomic E-state index is 0.0409. The Morgan fingerprint density at radius 3 is 2.84 bits per heavy atom. The van der Waals surface area contributed by atoms with Gasteiger partial charge in [0.05, 0.1) is 17.5 Å². The van der Waals surface area contributed by atoms with Crippen LogP contribution in [-0.4, -0.2) is 47.0 Å². The van der Waals surface area contributed by atoms with E-state index in [0.717, 1.165) is 29.9 Å². The quantitative estimate of drug-likeness (QED) is 0.929. The average molecular weight is 342 g/mol. The number of urea groups is 1. The molecule has 1 N–H and O–H groups in total. The number of nitrogens with zero attached hydrogens (tertiary/aromatic N) is 3. The molecule has 1 aliphatic heterocycles. The van der Waals surface area contributed by atoms with Gasteiger partial charge >= 0.3 is 6.03 Å². The van der Waals surface area contributed by atoms with Gasteiger partial charge in [0.25, 0.3) is 0 Å². The van der Waals surface area contributed by atoms with Gasteiger partial charge in [-0.1, -0.05) is 25.1 Å². The highest BCUT2D eigenvalue weighted by Gasteiger charge is 2.28. The zero-order valence-electron chi connectivity index (χ0n) is 15.1. The van der Waals surface area contributed by atoms with Gasteiger partial charge in [0.15, 0.2) is 0 Å². The number of nitrogens with one attached hydrogen (secondary N) is 1. The number of carbonyl (C=O) groups is 1. The van der Waals surface area contributed by atoms with Crippen molar-refractivity contribution in [3.05, 3.63) is 47.8 Å². The molecule has 0 spiro atoms. The number of hydrogen-bond acceptors (Lipinski definition) is 3. The Balaban J connectivity index is 1.60. The third kappa shape index (κ3) is 4.02. The van der Waals surface area contributed by atoms with Crippen molar-refractivity contribution in [1.29, 1.82) is 0 Å². The number of carbonyl (C=O) groups excluding carboxylic acids is 1. The predicted octanol–water partition coefficient (Wildman–Crippen LogP) is 2.75. The molecule has 0 aliphatic carbocycles. The SMILES string of the molecule is CO[C@H]1CN(C(=O)NCc2cn(-c3ccccc3)nc2C)CC[C@@H]1C.